The Bertz CT molecular complexity index is 133. The first kappa shape index (κ1) is 10.1. The largest absolute Gasteiger partial charge is 0.396 e. The van der Waals surface area contributed by atoms with Crippen molar-refractivity contribution < 1.29 is 18.4 Å². The van der Waals surface area contributed by atoms with Crippen LogP contribution in [0.5, 0.6) is 0 Å². The highest BCUT2D eigenvalue weighted by Crippen LogP contribution is 2.44. The molecule has 3 nitrogen and oxygen atoms in total. The van der Waals surface area contributed by atoms with Crippen molar-refractivity contribution in [1.82, 2.24) is 0 Å². The molecule has 0 fully saturated rings. The van der Waals surface area contributed by atoms with Gasteiger partial charge in [0.05, 0.1) is 6.61 Å². The molecule has 0 bridgehead atoms. The van der Waals surface area contributed by atoms with Crippen LogP contribution < -0.4 is 0 Å². The molecular formula is C5H12FO3P. The summed E-state index contributed by atoms with van der Waals surface area (Å²) >= 11 is 0. The van der Waals surface area contributed by atoms with Crippen molar-refractivity contribution >= 4 is 7.68 Å². The van der Waals surface area contributed by atoms with Crippen molar-refractivity contribution in [1.29, 1.82) is 0 Å². The number of aliphatic hydroxyl groups is 1. The lowest BCUT2D eigenvalue weighted by atomic mass is 10.2. The smallest absolute Gasteiger partial charge is 0.364 e. The molecule has 0 aliphatic heterocycles. The molecule has 2 atom stereocenters. The van der Waals surface area contributed by atoms with Gasteiger partial charge in [0.2, 0.25) is 0 Å². The monoisotopic (exact) mass is 170 g/mol. The minimum Gasteiger partial charge on any atom is -0.396 e. The second-order valence-corrected chi connectivity index (χ2v) is 4.08. The van der Waals surface area contributed by atoms with E-state index in [0.29, 0.717) is 0 Å². The van der Waals surface area contributed by atoms with Crippen LogP contribution in [0.2, 0.25) is 0 Å². The molecule has 0 rings (SSSR count). The third-order valence-corrected chi connectivity index (χ3v) is 1.51. The van der Waals surface area contributed by atoms with Crippen LogP contribution in [0.3, 0.4) is 0 Å². The van der Waals surface area contributed by atoms with E-state index in [1.807, 2.05) is 0 Å². The van der Waals surface area contributed by atoms with Gasteiger partial charge in [-0.3, -0.25) is 4.57 Å². The molecule has 0 aromatic carbocycles. The lowest BCUT2D eigenvalue weighted by molar-refractivity contribution is 0.170. The van der Waals surface area contributed by atoms with E-state index in [-0.39, 0.29) is 19.1 Å². The summed E-state index contributed by atoms with van der Waals surface area (Å²) in [5, 5.41) is 8.44. The molecule has 0 heterocycles. The Balaban J connectivity index is 3.46. The summed E-state index contributed by atoms with van der Waals surface area (Å²) in [5.74, 6) is -0.163. The summed E-state index contributed by atoms with van der Waals surface area (Å²) in [7, 11) is -3.84. The van der Waals surface area contributed by atoms with E-state index in [4.69, 9.17) is 5.11 Å². The molecule has 0 radical (unpaired) electrons. The maximum absolute atomic E-state index is 12.1. The van der Waals surface area contributed by atoms with Gasteiger partial charge in [0, 0.05) is 19.2 Å². The Kier molecular flexibility index (Phi) is 4.09. The van der Waals surface area contributed by atoms with E-state index in [0.717, 1.165) is 6.66 Å². The molecule has 1 N–H and O–H groups in total. The average Bonchev–Trinajstić information content (AvgIpc) is 1.81. The summed E-state index contributed by atoms with van der Waals surface area (Å²) < 4.78 is 26.7. The van der Waals surface area contributed by atoms with Gasteiger partial charge in [0.15, 0.2) is 0 Å². The molecule has 2 unspecified atom stereocenters. The summed E-state index contributed by atoms with van der Waals surface area (Å²) in [6.07, 6.45) is 0. The molecule has 0 saturated carbocycles. The van der Waals surface area contributed by atoms with Crippen molar-refractivity contribution in [2.24, 2.45) is 5.92 Å². The summed E-state index contributed by atoms with van der Waals surface area (Å²) in [5.41, 5.74) is 0. The molecule has 0 aliphatic carbocycles. The van der Waals surface area contributed by atoms with E-state index in [2.05, 4.69) is 4.52 Å². The SMILES string of the molecule is CC(CO)COP(C)(=O)F. The Hall–Kier alpha value is 0.0800. The first-order valence-electron chi connectivity index (χ1n) is 2.98. The van der Waals surface area contributed by atoms with Crippen LogP contribution in [0.1, 0.15) is 6.92 Å². The van der Waals surface area contributed by atoms with Crippen LogP contribution in [0, 0.1) is 5.92 Å². The molecular weight excluding hydrogens is 158 g/mol. The van der Waals surface area contributed by atoms with E-state index >= 15 is 0 Å². The topological polar surface area (TPSA) is 46.5 Å². The number of rotatable bonds is 4. The maximum atomic E-state index is 12.1. The Morgan fingerprint density at radius 1 is 1.80 bits per heavy atom. The zero-order chi connectivity index (χ0) is 8.20. The van der Waals surface area contributed by atoms with Crippen LogP contribution in [0.15, 0.2) is 0 Å². The second kappa shape index (κ2) is 4.06. The fourth-order valence-electron chi connectivity index (χ4n) is 0.313. The lowest BCUT2D eigenvalue weighted by Crippen LogP contribution is -2.07. The van der Waals surface area contributed by atoms with Gasteiger partial charge in [0.1, 0.15) is 0 Å². The van der Waals surface area contributed by atoms with E-state index < -0.39 is 7.68 Å². The van der Waals surface area contributed by atoms with Crippen molar-refractivity contribution in [3.05, 3.63) is 0 Å². The predicted octanol–water partition coefficient (Wildman–Crippen LogP) is 1.42. The highest BCUT2D eigenvalue weighted by Gasteiger charge is 2.14. The molecule has 5 heteroatoms. The number of aliphatic hydroxyl groups excluding tert-OH is 1. The lowest BCUT2D eigenvalue weighted by Gasteiger charge is -2.08. The Labute approximate surface area is 59.8 Å². The zero-order valence-electron chi connectivity index (χ0n) is 6.08. The molecule has 62 valence electrons. The number of hydrogen-bond acceptors (Lipinski definition) is 3. The van der Waals surface area contributed by atoms with Gasteiger partial charge in [-0.15, -0.1) is 0 Å². The zero-order valence-corrected chi connectivity index (χ0v) is 6.97. The van der Waals surface area contributed by atoms with Crippen LogP contribution in [0.25, 0.3) is 0 Å². The minimum atomic E-state index is -3.84. The van der Waals surface area contributed by atoms with E-state index in [1.54, 1.807) is 6.92 Å². The molecule has 0 aromatic rings. The Morgan fingerprint density at radius 2 is 2.30 bits per heavy atom. The van der Waals surface area contributed by atoms with Gasteiger partial charge in [0.25, 0.3) is 0 Å². The predicted molar refractivity (Wildman–Crippen MR) is 36.8 cm³/mol. The van der Waals surface area contributed by atoms with E-state index in [9.17, 15) is 8.76 Å². The normalized spacial score (nSPS) is 20.0. The molecule has 10 heavy (non-hydrogen) atoms. The minimum absolute atomic E-state index is 0.000772. The van der Waals surface area contributed by atoms with Crippen molar-refractivity contribution in [3.8, 4) is 0 Å². The summed E-state index contributed by atoms with van der Waals surface area (Å²) in [6, 6.07) is 0. The van der Waals surface area contributed by atoms with Crippen LogP contribution in [0.4, 0.5) is 4.20 Å². The summed E-state index contributed by atoms with van der Waals surface area (Å²) in [4.78, 5) is 0. The fraction of sp³-hybridized carbons (Fsp3) is 1.00. The van der Waals surface area contributed by atoms with Gasteiger partial charge in [-0.1, -0.05) is 6.92 Å². The third kappa shape index (κ3) is 6.20. The standard InChI is InChI=1S/C5H12FO3P/c1-5(3-7)4-9-10(2,6)8/h5,7H,3-4H2,1-2H3. The van der Waals surface area contributed by atoms with Gasteiger partial charge in [-0.2, -0.15) is 4.20 Å². The van der Waals surface area contributed by atoms with Crippen molar-refractivity contribution in [3.63, 3.8) is 0 Å². The fourth-order valence-corrected chi connectivity index (χ4v) is 0.834. The van der Waals surface area contributed by atoms with Gasteiger partial charge in [-0.05, 0) is 0 Å². The summed E-state index contributed by atoms with van der Waals surface area (Å²) in [6.45, 7) is 2.49. The molecule has 0 aromatic heterocycles. The molecule has 0 amide bonds. The first-order valence-corrected chi connectivity index (χ1v) is 4.94. The van der Waals surface area contributed by atoms with E-state index in [1.165, 1.54) is 0 Å². The second-order valence-electron chi connectivity index (χ2n) is 2.33. The maximum Gasteiger partial charge on any atom is 0.364 e. The van der Waals surface area contributed by atoms with Crippen LogP contribution in [-0.4, -0.2) is 25.0 Å². The molecule has 0 aliphatic rings. The number of hydrogen-bond donors (Lipinski definition) is 1. The first-order chi connectivity index (χ1) is 4.45. The highest BCUT2D eigenvalue weighted by atomic mass is 31.2. The molecule has 0 saturated heterocycles. The highest BCUT2D eigenvalue weighted by molar-refractivity contribution is 7.52. The van der Waals surface area contributed by atoms with Crippen LogP contribution >= 0.6 is 7.68 Å². The van der Waals surface area contributed by atoms with Gasteiger partial charge in [-0.25, -0.2) is 0 Å². The van der Waals surface area contributed by atoms with Crippen LogP contribution in [-0.2, 0) is 9.09 Å². The van der Waals surface area contributed by atoms with Gasteiger partial charge < -0.3 is 9.63 Å². The number of halogens is 1. The third-order valence-electron chi connectivity index (χ3n) is 0.901. The molecule has 0 spiro atoms. The quantitative estimate of drug-likeness (QED) is 0.649. The van der Waals surface area contributed by atoms with Crippen molar-refractivity contribution in [2.45, 2.75) is 6.92 Å². The average molecular weight is 170 g/mol. The Morgan fingerprint density at radius 3 is 2.60 bits per heavy atom. The van der Waals surface area contributed by atoms with Crippen molar-refractivity contribution in [2.75, 3.05) is 19.9 Å². The van der Waals surface area contributed by atoms with Gasteiger partial charge >= 0.3 is 7.68 Å².